The number of aromatic nitrogens is 1. The fourth-order valence-electron chi connectivity index (χ4n) is 1.23. The summed E-state index contributed by atoms with van der Waals surface area (Å²) >= 11 is 6.55. The van der Waals surface area contributed by atoms with Crippen LogP contribution in [-0.4, -0.2) is 17.1 Å². The lowest BCUT2D eigenvalue weighted by Gasteiger charge is -2.01. The Morgan fingerprint density at radius 1 is 1.31 bits per heavy atom. The fraction of sp³-hybridized carbons (Fsp3) is 0.0909. The van der Waals surface area contributed by atoms with Gasteiger partial charge in [0.05, 0.1) is 5.69 Å². The monoisotopic (exact) mass is 249 g/mol. The number of anilines is 1. The predicted octanol–water partition coefficient (Wildman–Crippen LogP) is 2.73. The van der Waals surface area contributed by atoms with Gasteiger partial charge in [0.15, 0.2) is 10.2 Å². The summed E-state index contributed by atoms with van der Waals surface area (Å²) in [6.45, 7) is 0. The first-order valence-corrected chi connectivity index (χ1v) is 6.08. The molecular formula is C11H11N3S2. The second-order valence-electron chi connectivity index (χ2n) is 3.11. The first kappa shape index (κ1) is 11.0. The highest BCUT2D eigenvalue weighted by molar-refractivity contribution is 7.80. The van der Waals surface area contributed by atoms with Crippen LogP contribution in [0.4, 0.5) is 5.13 Å². The zero-order valence-corrected chi connectivity index (χ0v) is 10.4. The molecule has 3 nitrogen and oxygen atoms in total. The summed E-state index contributed by atoms with van der Waals surface area (Å²) in [6, 6.07) is 10.1. The molecule has 1 aromatic heterocycles. The molecule has 0 spiro atoms. The molecule has 0 saturated carbocycles. The van der Waals surface area contributed by atoms with E-state index in [-0.39, 0.29) is 0 Å². The van der Waals surface area contributed by atoms with Crippen LogP contribution >= 0.6 is 23.6 Å². The maximum atomic E-state index is 5.01. The van der Waals surface area contributed by atoms with E-state index in [9.17, 15) is 0 Å². The van der Waals surface area contributed by atoms with Crippen molar-refractivity contribution in [1.82, 2.24) is 10.3 Å². The molecule has 2 aromatic rings. The van der Waals surface area contributed by atoms with E-state index in [4.69, 9.17) is 12.2 Å². The van der Waals surface area contributed by atoms with Crippen LogP contribution in [0.1, 0.15) is 0 Å². The zero-order valence-electron chi connectivity index (χ0n) is 8.73. The maximum absolute atomic E-state index is 5.01. The zero-order chi connectivity index (χ0) is 11.4. The van der Waals surface area contributed by atoms with Gasteiger partial charge in [0, 0.05) is 18.0 Å². The van der Waals surface area contributed by atoms with Gasteiger partial charge in [0.25, 0.3) is 0 Å². The second kappa shape index (κ2) is 5.05. The van der Waals surface area contributed by atoms with Gasteiger partial charge in [-0.15, -0.1) is 11.3 Å². The molecule has 16 heavy (non-hydrogen) atoms. The van der Waals surface area contributed by atoms with Gasteiger partial charge in [-0.3, -0.25) is 0 Å². The molecule has 0 unspecified atom stereocenters. The molecule has 2 N–H and O–H groups in total. The van der Waals surface area contributed by atoms with Gasteiger partial charge in [0.2, 0.25) is 0 Å². The molecule has 0 aliphatic rings. The number of nitrogens with one attached hydrogen (secondary N) is 2. The molecule has 1 heterocycles. The molecule has 5 heteroatoms. The molecule has 0 aliphatic carbocycles. The molecule has 0 radical (unpaired) electrons. The van der Waals surface area contributed by atoms with Crippen molar-refractivity contribution in [2.24, 2.45) is 0 Å². The van der Waals surface area contributed by atoms with Crippen LogP contribution in [0.25, 0.3) is 11.3 Å². The number of benzene rings is 1. The van der Waals surface area contributed by atoms with E-state index in [1.807, 2.05) is 35.7 Å². The average Bonchev–Trinajstić information content (AvgIpc) is 2.78. The van der Waals surface area contributed by atoms with Crippen molar-refractivity contribution in [2.45, 2.75) is 0 Å². The van der Waals surface area contributed by atoms with Gasteiger partial charge < -0.3 is 10.6 Å². The highest BCUT2D eigenvalue weighted by Gasteiger charge is 2.04. The summed E-state index contributed by atoms with van der Waals surface area (Å²) in [7, 11) is 1.78. The van der Waals surface area contributed by atoms with Crippen molar-refractivity contribution in [3.63, 3.8) is 0 Å². The van der Waals surface area contributed by atoms with Crippen LogP contribution in [0.2, 0.25) is 0 Å². The lowest BCUT2D eigenvalue weighted by Crippen LogP contribution is -2.23. The number of hydrogen-bond donors (Lipinski definition) is 2. The first-order valence-electron chi connectivity index (χ1n) is 4.79. The lowest BCUT2D eigenvalue weighted by atomic mass is 10.2. The molecule has 0 saturated heterocycles. The summed E-state index contributed by atoms with van der Waals surface area (Å²) in [4.78, 5) is 4.45. The summed E-state index contributed by atoms with van der Waals surface area (Å²) in [5, 5.41) is 9.25. The number of thiocarbonyl (C=S) groups is 1. The van der Waals surface area contributed by atoms with Crippen molar-refractivity contribution in [3.8, 4) is 11.3 Å². The highest BCUT2D eigenvalue weighted by atomic mass is 32.1. The summed E-state index contributed by atoms with van der Waals surface area (Å²) < 4.78 is 0. The maximum Gasteiger partial charge on any atom is 0.189 e. The molecule has 0 fully saturated rings. The Morgan fingerprint density at radius 2 is 2.06 bits per heavy atom. The molecule has 1 aromatic carbocycles. The van der Waals surface area contributed by atoms with E-state index in [1.54, 1.807) is 7.05 Å². The van der Waals surface area contributed by atoms with Crippen molar-refractivity contribution >= 4 is 33.8 Å². The van der Waals surface area contributed by atoms with Gasteiger partial charge in [-0.25, -0.2) is 4.98 Å². The Morgan fingerprint density at radius 3 is 2.75 bits per heavy atom. The van der Waals surface area contributed by atoms with Gasteiger partial charge in [-0.05, 0) is 12.2 Å². The fourth-order valence-corrected chi connectivity index (χ4v) is 2.12. The normalized spacial score (nSPS) is 9.81. The lowest BCUT2D eigenvalue weighted by molar-refractivity contribution is 1.19. The number of hydrogen-bond acceptors (Lipinski definition) is 3. The third-order valence-electron chi connectivity index (χ3n) is 2.02. The highest BCUT2D eigenvalue weighted by Crippen LogP contribution is 2.24. The predicted molar refractivity (Wildman–Crippen MR) is 72.8 cm³/mol. The van der Waals surface area contributed by atoms with E-state index >= 15 is 0 Å². The largest absolute Gasteiger partial charge is 0.365 e. The number of thiazole rings is 1. The first-order chi connectivity index (χ1) is 7.79. The quantitative estimate of drug-likeness (QED) is 0.802. The smallest absolute Gasteiger partial charge is 0.189 e. The second-order valence-corrected chi connectivity index (χ2v) is 4.37. The van der Waals surface area contributed by atoms with Gasteiger partial charge in [-0.2, -0.15) is 0 Å². The molecular weight excluding hydrogens is 238 g/mol. The molecule has 0 aliphatic heterocycles. The van der Waals surface area contributed by atoms with Crippen molar-refractivity contribution in [3.05, 3.63) is 35.7 Å². The minimum absolute atomic E-state index is 0.578. The Bertz CT molecular complexity index is 479. The number of nitrogens with zero attached hydrogens (tertiary/aromatic N) is 1. The Hall–Kier alpha value is -1.46. The molecule has 0 bridgehead atoms. The van der Waals surface area contributed by atoms with E-state index in [0.717, 1.165) is 16.4 Å². The van der Waals surface area contributed by atoms with Crippen molar-refractivity contribution in [1.29, 1.82) is 0 Å². The minimum atomic E-state index is 0.578. The Balaban J connectivity index is 2.17. The van der Waals surface area contributed by atoms with Crippen LogP contribution in [0.3, 0.4) is 0 Å². The van der Waals surface area contributed by atoms with Crippen molar-refractivity contribution in [2.75, 3.05) is 12.4 Å². The summed E-state index contributed by atoms with van der Waals surface area (Å²) in [5.41, 5.74) is 2.08. The van der Waals surface area contributed by atoms with Gasteiger partial charge in [0.1, 0.15) is 0 Å². The standard InChI is InChI=1S/C11H11N3S2/c1-12-10(15)14-11-13-9(7-16-11)8-5-3-2-4-6-8/h2-7H,1H3,(H2,12,13,14,15). The molecule has 0 amide bonds. The van der Waals surface area contributed by atoms with Crippen LogP contribution < -0.4 is 10.6 Å². The summed E-state index contributed by atoms with van der Waals surface area (Å²) in [5.74, 6) is 0. The summed E-state index contributed by atoms with van der Waals surface area (Å²) in [6.07, 6.45) is 0. The molecule has 2 rings (SSSR count). The SMILES string of the molecule is CNC(=S)Nc1nc(-c2ccccc2)cs1. The molecule has 82 valence electrons. The van der Waals surface area contributed by atoms with Gasteiger partial charge in [-0.1, -0.05) is 30.3 Å². The van der Waals surface area contributed by atoms with E-state index in [0.29, 0.717) is 5.11 Å². The van der Waals surface area contributed by atoms with Crippen LogP contribution in [0.15, 0.2) is 35.7 Å². The third kappa shape index (κ3) is 2.56. The van der Waals surface area contributed by atoms with Gasteiger partial charge >= 0.3 is 0 Å². The Labute approximate surface area is 104 Å². The van der Waals surface area contributed by atoms with Crippen LogP contribution in [-0.2, 0) is 0 Å². The molecule has 0 atom stereocenters. The number of rotatable bonds is 2. The van der Waals surface area contributed by atoms with Crippen molar-refractivity contribution < 1.29 is 0 Å². The van der Waals surface area contributed by atoms with E-state index in [2.05, 4.69) is 15.6 Å². The Kier molecular flexibility index (Phi) is 3.48. The van der Waals surface area contributed by atoms with Crippen LogP contribution in [0, 0.1) is 0 Å². The van der Waals surface area contributed by atoms with E-state index in [1.165, 1.54) is 11.3 Å². The topological polar surface area (TPSA) is 37.0 Å². The van der Waals surface area contributed by atoms with E-state index < -0.39 is 0 Å². The van der Waals surface area contributed by atoms with Crippen LogP contribution in [0.5, 0.6) is 0 Å². The minimum Gasteiger partial charge on any atom is -0.365 e. The third-order valence-corrected chi connectivity index (χ3v) is 3.09. The average molecular weight is 249 g/mol.